The van der Waals surface area contributed by atoms with E-state index in [1.54, 1.807) is 34.6 Å². The fourth-order valence-corrected chi connectivity index (χ4v) is 3.27. The van der Waals surface area contributed by atoms with E-state index in [-0.39, 0.29) is 6.10 Å². The van der Waals surface area contributed by atoms with Gasteiger partial charge in [-0.2, -0.15) is 0 Å². The smallest absolute Gasteiger partial charge is 0.408 e. The minimum absolute atomic E-state index is 0.351. The van der Waals surface area contributed by atoms with E-state index in [1.807, 2.05) is 0 Å². The van der Waals surface area contributed by atoms with Crippen LogP contribution in [0.25, 0.3) is 0 Å². The predicted octanol–water partition coefficient (Wildman–Crippen LogP) is 3.73. The maximum atomic E-state index is 12.5. The number of nitrogens with one attached hydrogen (secondary N) is 1. The third-order valence-electron chi connectivity index (χ3n) is 4.26. The highest BCUT2D eigenvalue weighted by Crippen LogP contribution is 2.29. The topological polar surface area (TPSA) is 90.9 Å². The number of esters is 2. The summed E-state index contributed by atoms with van der Waals surface area (Å²) in [5.41, 5.74) is -0.672. The van der Waals surface area contributed by atoms with Crippen molar-refractivity contribution in [1.82, 2.24) is 5.32 Å². The molecule has 7 heteroatoms. The molecule has 1 rings (SSSR count). The second-order valence-corrected chi connectivity index (χ2v) is 8.51. The van der Waals surface area contributed by atoms with E-state index in [0.29, 0.717) is 12.3 Å². The second-order valence-electron chi connectivity index (χ2n) is 8.51. The average molecular weight is 386 g/mol. The Morgan fingerprint density at radius 1 is 1.04 bits per heavy atom. The van der Waals surface area contributed by atoms with E-state index < -0.39 is 35.8 Å². The molecule has 0 aliphatic heterocycles. The van der Waals surface area contributed by atoms with Crippen molar-refractivity contribution in [2.75, 3.05) is 0 Å². The molecule has 1 amide bonds. The summed E-state index contributed by atoms with van der Waals surface area (Å²) in [6, 6.07) is -0.696. The number of hydrogen-bond donors (Lipinski definition) is 1. The zero-order valence-electron chi connectivity index (χ0n) is 17.5. The summed E-state index contributed by atoms with van der Waals surface area (Å²) in [7, 11) is 0. The molecule has 7 nitrogen and oxygen atoms in total. The molecule has 0 heterocycles. The van der Waals surface area contributed by atoms with Crippen LogP contribution in [0.1, 0.15) is 80.1 Å². The minimum atomic E-state index is -1.20. The van der Waals surface area contributed by atoms with Gasteiger partial charge in [-0.05, 0) is 47.0 Å². The maximum absolute atomic E-state index is 12.5. The molecule has 0 bridgehead atoms. The first-order chi connectivity index (χ1) is 12.5. The van der Waals surface area contributed by atoms with Crippen molar-refractivity contribution in [2.45, 2.75) is 104 Å². The number of amides is 1. The molecule has 0 spiro atoms. The Kier molecular flexibility index (Phi) is 9.06. The van der Waals surface area contributed by atoms with Gasteiger partial charge in [0.1, 0.15) is 5.60 Å². The quantitative estimate of drug-likeness (QED) is 0.530. The second kappa shape index (κ2) is 10.5. The van der Waals surface area contributed by atoms with Gasteiger partial charge >= 0.3 is 18.0 Å². The summed E-state index contributed by atoms with van der Waals surface area (Å²) in [5.74, 6) is -0.902. The molecule has 27 heavy (non-hydrogen) atoms. The van der Waals surface area contributed by atoms with Gasteiger partial charge in [-0.15, -0.1) is 0 Å². The number of ether oxygens (including phenoxy) is 3. The first-order valence-corrected chi connectivity index (χ1v) is 9.85. The van der Waals surface area contributed by atoms with Crippen LogP contribution in [0.2, 0.25) is 0 Å². The first-order valence-electron chi connectivity index (χ1n) is 9.85. The fraction of sp³-hybridized carbons (Fsp3) is 0.850. The number of carbonyl (C=O) groups is 3. The highest BCUT2D eigenvalue weighted by atomic mass is 16.6. The summed E-state index contributed by atoms with van der Waals surface area (Å²) < 4.78 is 15.9. The third-order valence-corrected chi connectivity index (χ3v) is 4.26. The molecule has 1 fully saturated rings. The van der Waals surface area contributed by atoms with Crippen LogP contribution in [0.5, 0.6) is 0 Å². The third kappa shape index (κ3) is 9.63. The zero-order valence-corrected chi connectivity index (χ0v) is 17.5. The average Bonchev–Trinajstić information content (AvgIpc) is 2.50. The van der Waals surface area contributed by atoms with Crippen molar-refractivity contribution in [3.05, 3.63) is 0 Å². The van der Waals surface area contributed by atoms with Crippen LogP contribution < -0.4 is 5.32 Å². The van der Waals surface area contributed by atoms with Crippen molar-refractivity contribution >= 4 is 18.0 Å². The molecule has 2 atom stereocenters. The zero-order chi connectivity index (χ0) is 20.6. The van der Waals surface area contributed by atoms with Gasteiger partial charge in [0.2, 0.25) is 6.10 Å². The molecule has 0 aromatic rings. The van der Waals surface area contributed by atoms with E-state index in [2.05, 4.69) is 5.32 Å². The number of carbonyl (C=O) groups excluding carboxylic acids is 3. The Labute approximate surface area is 162 Å². The van der Waals surface area contributed by atoms with Gasteiger partial charge in [-0.25, -0.2) is 9.59 Å². The van der Waals surface area contributed by atoms with Gasteiger partial charge in [0, 0.05) is 6.92 Å². The lowest BCUT2D eigenvalue weighted by molar-refractivity contribution is -0.171. The predicted molar refractivity (Wildman–Crippen MR) is 101 cm³/mol. The monoisotopic (exact) mass is 385 g/mol. The van der Waals surface area contributed by atoms with Gasteiger partial charge in [0.15, 0.2) is 0 Å². The molecule has 1 N–H and O–H groups in total. The molecule has 0 saturated heterocycles. The molecule has 1 saturated carbocycles. The number of alkyl carbamates (subject to hydrolysis) is 1. The van der Waals surface area contributed by atoms with E-state index in [4.69, 9.17) is 14.2 Å². The Balaban J connectivity index is 2.98. The van der Waals surface area contributed by atoms with E-state index in [0.717, 1.165) is 25.7 Å². The highest BCUT2D eigenvalue weighted by molar-refractivity contribution is 5.80. The molecule has 0 aromatic heterocycles. The van der Waals surface area contributed by atoms with Crippen LogP contribution in [0.4, 0.5) is 4.79 Å². The normalized spacial score (nSPS) is 17.7. The van der Waals surface area contributed by atoms with Crippen molar-refractivity contribution in [1.29, 1.82) is 0 Å². The summed E-state index contributed by atoms with van der Waals surface area (Å²) in [6.45, 7) is 9.97. The lowest BCUT2D eigenvalue weighted by Crippen LogP contribution is -2.51. The minimum Gasteiger partial charge on any atom is -0.460 e. The lowest BCUT2D eigenvalue weighted by Gasteiger charge is -2.32. The molecule has 0 aromatic carbocycles. The van der Waals surface area contributed by atoms with Gasteiger partial charge in [-0.1, -0.05) is 32.1 Å². The molecule has 0 unspecified atom stereocenters. The molecular weight excluding hydrogens is 350 g/mol. The maximum Gasteiger partial charge on any atom is 0.408 e. The molecular formula is C20H35NO6. The molecule has 156 valence electrons. The van der Waals surface area contributed by atoms with Crippen molar-refractivity contribution < 1.29 is 28.6 Å². The van der Waals surface area contributed by atoms with Crippen LogP contribution in [0, 0.1) is 5.92 Å². The number of rotatable bonds is 7. The number of hydrogen-bond acceptors (Lipinski definition) is 6. The highest BCUT2D eigenvalue weighted by Gasteiger charge is 2.37. The summed E-state index contributed by atoms with van der Waals surface area (Å²) in [5, 5.41) is 2.74. The van der Waals surface area contributed by atoms with E-state index in [9.17, 15) is 14.4 Å². The lowest BCUT2D eigenvalue weighted by atomic mass is 9.83. The van der Waals surface area contributed by atoms with E-state index >= 15 is 0 Å². The SMILES string of the molecule is CC(=O)O[C@@H](C(=O)OC(C)C)[C@H](CC1CCCCC1)NC(=O)OC(C)(C)C. The van der Waals surface area contributed by atoms with Crippen LogP contribution in [-0.2, 0) is 23.8 Å². The van der Waals surface area contributed by atoms with Gasteiger partial charge in [-0.3, -0.25) is 4.79 Å². The molecule has 1 aliphatic carbocycles. The Morgan fingerprint density at radius 3 is 2.11 bits per heavy atom. The Morgan fingerprint density at radius 2 is 1.63 bits per heavy atom. The van der Waals surface area contributed by atoms with Crippen LogP contribution >= 0.6 is 0 Å². The van der Waals surface area contributed by atoms with Crippen LogP contribution in [-0.4, -0.2) is 41.9 Å². The molecule has 1 aliphatic rings. The summed E-state index contributed by atoms with van der Waals surface area (Å²) in [6.07, 6.45) is 3.84. The van der Waals surface area contributed by atoms with Gasteiger partial charge in [0.25, 0.3) is 0 Å². The Hall–Kier alpha value is -1.79. The van der Waals surface area contributed by atoms with Crippen molar-refractivity contribution in [3.8, 4) is 0 Å². The summed E-state index contributed by atoms with van der Waals surface area (Å²) >= 11 is 0. The summed E-state index contributed by atoms with van der Waals surface area (Å²) in [4.78, 5) is 36.4. The standard InChI is InChI=1S/C20H35NO6/c1-13(2)25-18(23)17(26-14(3)22)16(12-15-10-8-7-9-11-15)21-19(24)27-20(4,5)6/h13,15-17H,7-12H2,1-6H3,(H,21,24)/t16-,17+/m0/s1. The van der Waals surface area contributed by atoms with Crippen molar-refractivity contribution in [2.24, 2.45) is 5.92 Å². The van der Waals surface area contributed by atoms with Crippen molar-refractivity contribution in [3.63, 3.8) is 0 Å². The van der Waals surface area contributed by atoms with Gasteiger partial charge in [0.05, 0.1) is 12.1 Å². The van der Waals surface area contributed by atoms with E-state index in [1.165, 1.54) is 13.3 Å². The van der Waals surface area contributed by atoms with Crippen LogP contribution in [0.3, 0.4) is 0 Å². The first kappa shape index (κ1) is 23.2. The van der Waals surface area contributed by atoms with Crippen LogP contribution in [0.15, 0.2) is 0 Å². The Bertz CT molecular complexity index is 505. The largest absolute Gasteiger partial charge is 0.460 e. The van der Waals surface area contributed by atoms with Gasteiger partial charge < -0.3 is 19.5 Å². The molecule has 0 radical (unpaired) electrons. The fourth-order valence-electron chi connectivity index (χ4n) is 3.27.